The van der Waals surface area contributed by atoms with Crippen LogP contribution in [0.2, 0.25) is 0 Å². The summed E-state index contributed by atoms with van der Waals surface area (Å²) in [5.41, 5.74) is 3.54. The van der Waals surface area contributed by atoms with E-state index in [1.54, 1.807) is 6.07 Å². The van der Waals surface area contributed by atoms with Crippen molar-refractivity contribution < 1.29 is 4.39 Å². The Morgan fingerprint density at radius 2 is 1.85 bits per heavy atom. The van der Waals surface area contributed by atoms with E-state index in [0.717, 1.165) is 30.5 Å². The van der Waals surface area contributed by atoms with Crippen molar-refractivity contribution in [3.63, 3.8) is 0 Å². The van der Waals surface area contributed by atoms with Crippen molar-refractivity contribution in [2.45, 2.75) is 32.7 Å². The van der Waals surface area contributed by atoms with Crippen LogP contribution in [-0.2, 0) is 6.42 Å². The summed E-state index contributed by atoms with van der Waals surface area (Å²) < 4.78 is 13.5. The van der Waals surface area contributed by atoms with Crippen LogP contribution < -0.4 is 5.32 Å². The monoisotopic (exact) mass is 271 g/mol. The molecule has 0 fully saturated rings. The molecule has 106 valence electrons. The summed E-state index contributed by atoms with van der Waals surface area (Å²) in [6, 6.07) is 15.7. The van der Waals surface area contributed by atoms with Gasteiger partial charge in [-0.15, -0.1) is 0 Å². The minimum Gasteiger partial charge on any atom is -0.310 e. The average Bonchev–Trinajstić information content (AvgIpc) is 2.47. The van der Waals surface area contributed by atoms with Gasteiger partial charge in [-0.25, -0.2) is 4.39 Å². The van der Waals surface area contributed by atoms with Crippen LogP contribution in [-0.4, -0.2) is 6.54 Å². The van der Waals surface area contributed by atoms with E-state index in [1.807, 2.05) is 19.1 Å². The highest BCUT2D eigenvalue weighted by Gasteiger charge is 2.13. The van der Waals surface area contributed by atoms with Gasteiger partial charge in [-0.05, 0) is 55.1 Å². The zero-order valence-electron chi connectivity index (χ0n) is 12.2. The van der Waals surface area contributed by atoms with Gasteiger partial charge >= 0.3 is 0 Å². The molecule has 0 aromatic heterocycles. The van der Waals surface area contributed by atoms with Crippen molar-refractivity contribution >= 4 is 0 Å². The molecule has 0 aliphatic carbocycles. The van der Waals surface area contributed by atoms with Gasteiger partial charge in [0.15, 0.2) is 0 Å². The number of hydrogen-bond donors (Lipinski definition) is 1. The summed E-state index contributed by atoms with van der Waals surface area (Å²) in [4.78, 5) is 0. The molecule has 0 saturated heterocycles. The largest absolute Gasteiger partial charge is 0.310 e. The summed E-state index contributed by atoms with van der Waals surface area (Å²) in [6.45, 7) is 5.02. The minimum absolute atomic E-state index is 0.159. The highest BCUT2D eigenvalue weighted by molar-refractivity contribution is 5.30. The molecule has 20 heavy (non-hydrogen) atoms. The lowest BCUT2D eigenvalue weighted by molar-refractivity contribution is 0.508. The first-order valence-corrected chi connectivity index (χ1v) is 7.24. The standard InChI is InChI=1S/C18H22FN/c1-3-20-18(12-10-15-7-5-4-6-8-15)17-13-16(19)11-9-14(17)2/h4-9,11,13,18,20H,3,10,12H2,1-2H3. The molecule has 0 spiro atoms. The van der Waals surface area contributed by atoms with Crippen molar-refractivity contribution in [2.75, 3.05) is 6.54 Å². The smallest absolute Gasteiger partial charge is 0.123 e. The van der Waals surface area contributed by atoms with Gasteiger partial charge < -0.3 is 5.32 Å². The predicted molar refractivity (Wildman–Crippen MR) is 82.3 cm³/mol. The van der Waals surface area contributed by atoms with Gasteiger partial charge in [0.05, 0.1) is 0 Å². The lowest BCUT2D eigenvalue weighted by Gasteiger charge is -2.20. The molecule has 0 saturated carbocycles. The fourth-order valence-electron chi connectivity index (χ4n) is 2.56. The maximum Gasteiger partial charge on any atom is 0.123 e. The summed E-state index contributed by atoms with van der Waals surface area (Å²) >= 11 is 0. The molecule has 0 bridgehead atoms. The molecule has 2 heteroatoms. The van der Waals surface area contributed by atoms with Crippen molar-refractivity contribution in [3.05, 3.63) is 71.0 Å². The van der Waals surface area contributed by atoms with Gasteiger partial charge in [-0.3, -0.25) is 0 Å². The number of hydrogen-bond acceptors (Lipinski definition) is 1. The Hall–Kier alpha value is -1.67. The predicted octanol–water partition coefficient (Wildman–Crippen LogP) is 4.42. The second-order valence-electron chi connectivity index (χ2n) is 5.14. The third-order valence-electron chi connectivity index (χ3n) is 3.63. The Balaban J connectivity index is 2.12. The van der Waals surface area contributed by atoms with E-state index < -0.39 is 0 Å². The van der Waals surface area contributed by atoms with Gasteiger partial charge in [0, 0.05) is 6.04 Å². The number of halogens is 1. The van der Waals surface area contributed by atoms with E-state index in [9.17, 15) is 4.39 Å². The van der Waals surface area contributed by atoms with Crippen LogP contribution >= 0.6 is 0 Å². The molecule has 0 amide bonds. The number of rotatable bonds is 6. The average molecular weight is 271 g/mol. The highest BCUT2D eigenvalue weighted by Crippen LogP contribution is 2.23. The third-order valence-corrected chi connectivity index (χ3v) is 3.63. The third kappa shape index (κ3) is 3.91. The molecular formula is C18H22FN. The first kappa shape index (κ1) is 14.7. The van der Waals surface area contributed by atoms with Gasteiger partial charge in [-0.2, -0.15) is 0 Å². The van der Waals surface area contributed by atoms with Crippen molar-refractivity contribution in [2.24, 2.45) is 0 Å². The Morgan fingerprint density at radius 1 is 1.10 bits per heavy atom. The molecule has 2 rings (SSSR count). The zero-order valence-corrected chi connectivity index (χ0v) is 12.2. The number of benzene rings is 2. The van der Waals surface area contributed by atoms with Crippen LogP contribution in [0.3, 0.4) is 0 Å². The quantitative estimate of drug-likeness (QED) is 0.820. The zero-order chi connectivity index (χ0) is 14.4. The number of nitrogens with one attached hydrogen (secondary N) is 1. The van der Waals surface area contributed by atoms with E-state index in [1.165, 1.54) is 11.6 Å². The SMILES string of the molecule is CCNC(CCc1ccccc1)c1cc(F)ccc1C. The van der Waals surface area contributed by atoms with E-state index in [4.69, 9.17) is 0 Å². The van der Waals surface area contributed by atoms with E-state index in [-0.39, 0.29) is 11.9 Å². The molecule has 1 unspecified atom stereocenters. The van der Waals surface area contributed by atoms with Crippen LogP contribution in [0.1, 0.15) is 36.1 Å². The van der Waals surface area contributed by atoms with Crippen LogP contribution in [0.5, 0.6) is 0 Å². The first-order chi connectivity index (χ1) is 9.70. The van der Waals surface area contributed by atoms with E-state index in [2.05, 4.69) is 36.5 Å². The fraction of sp³-hybridized carbons (Fsp3) is 0.333. The van der Waals surface area contributed by atoms with E-state index in [0.29, 0.717) is 0 Å². The maximum absolute atomic E-state index is 13.5. The maximum atomic E-state index is 13.5. The molecule has 2 aromatic rings. The molecule has 1 nitrogen and oxygen atoms in total. The highest BCUT2D eigenvalue weighted by atomic mass is 19.1. The normalized spacial score (nSPS) is 12.3. The van der Waals surface area contributed by atoms with Crippen LogP contribution in [0, 0.1) is 12.7 Å². The summed E-state index contributed by atoms with van der Waals surface area (Å²) in [7, 11) is 0. The molecule has 0 radical (unpaired) electrons. The molecule has 0 aliphatic heterocycles. The second-order valence-corrected chi connectivity index (χ2v) is 5.14. The lowest BCUT2D eigenvalue weighted by Crippen LogP contribution is -2.22. The van der Waals surface area contributed by atoms with Crippen LogP contribution in [0.4, 0.5) is 4.39 Å². The van der Waals surface area contributed by atoms with Gasteiger partial charge in [0.1, 0.15) is 5.82 Å². The molecular weight excluding hydrogens is 249 g/mol. The summed E-state index contributed by atoms with van der Waals surface area (Å²) in [5, 5.41) is 3.47. The Labute approximate surface area is 120 Å². The van der Waals surface area contributed by atoms with Crippen LogP contribution in [0.15, 0.2) is 48.5 Å². The fourth-order valence-corrected chi connectivity index (χ4v) is 2.56. The first-order valence-electron chi connectivity index (χ1n) is 7.24. The minimum atomic E-state index is -0.159. The summed E-state index contributed by atoms with van der Waals surface area (Å²) in [6.07, 6.45) is 1.97. The molecule has 1 atom stereocenters. The topological polar surface area (TPSA) is 12.0 Å². The Kier molecular flexibility index (Phi) is 5.31. The Bertz CT molecular complexity index is 536. The number of aryl methyl sites for hydroxylation is 2. The molecule has 0 aliphatic rings. The molecule has 2 aromatic carbocycles. The van der Waals surface area contributed by atoms with Crippen molar-refractivity contribution in [1.82, 2.24) is 5.32 Å². The van der Waals surface area contributed by atoms with Gasteiger partial charge in [-0.1, -0.05) is 43.3 Å². The summed E-state index contributed by atoms with van der Waals surface area (Å²) in [5.74, 6) is -0.159. The van der Waals surface area contributed by atoms with Crippen LogP contribution in [0.25, 0.3) is 0 Å². The van der Waals surface area contributed by atoms with Gasteiger partial charge in [0.2, 0.25) is 0 Å². The Morgan fingerprint density at radius 3 is 2.55 bits per heavy atom. The molecule has 1 N–H and O–H groups in total. The van der Waals surface area contributed by atoms with Crippen molar-refractivity contribution in [1.29, 1.82) is 0 Å². The van der Waals surface area contributed by atoms with E-state index >= 15 is 0 Å². The van der Waals surface area contributed by atoms with Crippen molar-refractivity contribution in [3.8, 4) is 0 Å². The molecule has 0 heterocycles. The lowest BCUT2D eigenvalue weighted by atomic mass is 9.95. The second kappa shape index (κ2) is 7.20. The van der Waals surface area contributed by atoms with Gasteiger partial charge in [0.25, 0.3) is 0 Å².